The van der Waals surface area contributed by atoms with Gasteiger partial charge in [0.1, 0.15) is 5.03 Å². The molecule has 0 aliphatic heterocycles. The number of anilines is 1. The zero-order valence-electron chi connectivity index (χ0n) is 11.1. The molecule has 1 saturated carbocycles. The molecular weight excluding hydrogens is 230 g/mol. The first-order valence-electron chi connectivity index (χ1n) is 6.54. The third-order valence-electron chi connectivity index (χ3n) is 3.54. The average molecular weight is 253 g/mol. The average Bonchev–Trinajstić information content (AvgIpc) is 2.86. The lowest BCUT2D eigenvalue weighted by Crippen LogP contribution is -2.00. The highest BCUT2D eigenvalue weighted by molar-refractivity contribution is 7.99. The van der Waals surface area contributed by atoms with Gasteiger partial charge < -0.3 is 5.73 Å². The number of aromatic nitrogens is 2. The van der Waals surface area contributed by atoms with Crippen LogP contribution in [0.1, 0.15) is 51.1 Å². The number of hydrogen-bond donors (Lipinski definition) is 1. The van der Waals surface area contributed by atoms with Gasteiger partial charge in [-0.2, -0.15) is 5.10 Å². The summed E-state index contributed by atoms with van der Waals surface area (Å²) in [5.74, 6) is 2.49. The topological polar surface area (TPSA) is 43.8 Å². The third-order valence-corrected chi connectivity index (χ3v) is 4.93. The molecule has 2 rings (SSSR count). The molecule has 17 heavy (non-hydrogen) atoms. The van der Waals surface area contributed by atoms with Crippen molar-refractivity contribution in [2.24, 2.45) is 13.0 Å². The molecule has 1 aliphatic rings. The molecule has 1 aliphatic carbocycles. The molecule has 96 valence electrons. The van der Waals surface area contributed by atoms with Gasteiger partial charge >= 0.3 is 0 Å². The van der Waals surface area contributed by atoms with E-state index in [1.807, 2.05) is 23.5 Å². The number of hydrogen-bond acceptors (Lipinski definition) is 3. The van der Waals surface area contributed by atoms with Crippen LogP contribution < -0.4 is 5.73 Å². The number of nitrogen functional groups attached to an aromatic ring is 1. The number of aryl methyl sites for hydroxylation is 1. The van der Waals surface area contributed by atoms with Crippen LogP contribution >= 0.6 is 11.8 Å². The largest absolute Gasteiger partial charge is 0.395 e. The first-order chi connectivity index (χ1) is 8.09. The fraction of sp³-hybridized carbons (Fsp3) is 0.769. The lowest BCUT2D eigenvalue weighted by atomic mass is 10.1. The highest BCUT2D eigenvalue weighted by Gasteiger charge is 2.19. The highest BCUT2D eigenvalue weighted by Crippen LogP contribution is 2.35. The van der Waals surface area contributed by atoms with Crippen LogP contribution in [0.15, 0.2) is 5.03 Å². The van der Waals surface area contributed by atoms with Gasteiger partial charge in [0.2, 0.25) is 0 Å². The zero-order chi connectivity index (χ0) is 12.4. The Kier molecular flexibility index (Phi) is 4.02. The van der Waals surface area contributed by atoms with Gasteiger partial charge in [-0.1, -0.05) is 26.7 Å². The van der Waals surface area contributed by atoms with E-state index in [4.69, 9.17) is 5.73 Å². The smallest absolute Gasteiger partial charge is 0.117 e. The van der Waals surface area contributed by atoms with Crippen LogP contribution in [0.5, 0.6) is 0 Å². The van der Waals surface area contributed by atoms with E-state index in [1.165, 1.54) is 31.4 Å². The molecule has 4 heteroatoms. The summed E-state index contributed by atoms with van der Waals surface area (Å²) in [5.41, 5.74) is 8.12. The first-order valence-corrected chi connectivity index (χ1v) is 7.53. The predicted molar refractivity (Wildman–Crippen MR) is 74.4 cm³/mol. The van der Waals surface area contributed by atoms with Crippen molar-refractivity contribution >= 4 is 17.4 Å². The lowest BCUT2D eigenvalue weighted by molar-refractivity contribution is 0.619. The highest BCUT2D eigenvalue weighted by atomic mass is 32.2. The summed E-state index contributed by atoms with van der Waals surface area (Å²) in [5, 5.41) is 5.68. The van der Waals surface area contributed by atoms with Crippen LogP contribution in [-0.4, -0.2) is 15.5 Å². The van der Waals surface area contributed by atoms with Crippen molar-refractivity contribution in [2.45, 2.75) is 50.5 Å². The molecule has 0 unspecified atom stereocenters. The molecule has 0 radical (unpaired) electrons. The van der Waals surface area contributed by atoms with Crippen molar-refractivity contribution in [3.63, 3.8) is 0 Å². The van der Waals surface area contributed by atoms with Crippen LogP contribution in [0.3, 0.4) is 0 Å². The maximum atomic E-state index is 6.19. The Hall–Kier alpha value is -0.640. The fourth-order valence-corrected chi connectivity index (χ4v) is 3.73. The van der Waals surface area contributed by atoms with E-state index >= 15 is 0 Å². The second kappa shape index (κ2) is 5.34. The van der Waals surface area contributed by atoms with E-state index < -0.39 is 0 Å². The van der Waals surface area contributed by atoms with Gasteiger partial charge in [0, 0.05) is 12.8 Å². The van der Waals surface area contributed by atoms with Gasteiger partial charge in [0.05, 0.1) is 11.4 Å². The molecule has 0 amide bonds. The summed E-state index contributed by atoms with van der Waals surface area (Å²) in [6.07, 6.45) is 5.59. The fourth-order valence-electron chi connectivity index (χ4n) is 2.52. The molecule has 0 bridgehead atoms. The van der Waals surface area contributed by atoms with Gasteiger partial charge in [0.25, 0.3) is 0 Å². The Labute approximate surface area is 108 Å². The molecule has 0 saturated heterocycles. The molecule has 1 heterocycles. The van der Waals surface area contributed by atoms with Crippen molar-refractivity contribution in [3.8, 4) is 0 Å². The number of nitrogens with two attached hydrogens (primary N) is 1. The quantitative estimate of drug-likeness (QED) is 0.836. The van der Waals surface area contributed by atoms with Crippen LogP contribution in [0.25, 0.3) is 0 Å². The minimum absolute atomic E-state index is 0.405. The predicted octanol–water partition coefficient (Wildman–Crippen LogP) is 3.41. The lowest BCUT2D eigenvalue weighted by Gasteiger charge is -2.09. The van der Waals surface area contributed by atoms with Crippen LogP contribution in [0.4, 0.5) is 5.69 Å². The van der Waals surface area contributed by atoms with E-state index in [1.54, 1.807) is 0 Å². The summed E-state index contributed by atoms with van der Waals surface area (Å²) >= 11 is 1.88. The van der Waals surface area contributed by atoms with Crippen molar-refractivity contribution < 1.29 is 0 Å². The molecule has 0 aromatic carbocycles. The van der Waals surface area contributed by atoms with Crippen molar-refractivity contribution in [1.29, 1.82) is 0 Å². The molecule has 2 N–H and O–H groups in total. The first kappa shape index (κ1) is 12.8. The Balaban J connectivity index is 2.04. The van der Waals surface area contributed by atoms with Crippen LogP contribution in [0.2, 0.25) is 0 Å². The minimum atomic E-state index is 0.405. The molecular formula is C13H23N3S. The molecule has 1 fully saturated rings. The van der Waals surface area contributed by atoms with Gasteiger partial charge in [-0.05, 0) is 24.7 Å². The summed E-state index contributed by atoms with van der Waals surface area (Å²) < 4.78 is 1.95. The van der Waals surface area contributed by atoms with Gasteiger partial charge in [-0.25, -0.2) is 0 Å². The minimum Gasteiger partial charge on any atom is -0.395 e. The standard InChI is InChI=1S/C13H23N3S/c1-9(2)12-11(14)13(16(3)15-12)17-8-10-6-4-5-7-10/h9-10H,4-8,14H2,1-3H3. The molecule has 0 spiro atoms. The summed E-state index contributed by atoms with van der Waals surface area (Å²) in [7, 11) is 2.00. The van der Waals surface area contributed by atoms with Crippen molar-refractivity contribution in [3.05, 3.63) is 5.69 Å². The van der Waals surface area contributed by atoms with Crippen molar-refractivity contribution in [1.82, 2.24) is 9.78 Å². The van der Waals surface area contributed by atoms with E-state index in [0.717, 1.165) is 22.3 Å². The number of nitrogens with zero attached hydrogens (tertiary/aromatic N) is 2. The van der Waals surface area contributed by atoms with E-state index in [9.17, 15) is 0 Å². The van der Waals surface area contributed by atoms with E-state index in [2.05, 4.69) is 18.9 Å². The number of rotatable bonds is 4. The van der Waals surface area contributed by atoms with Gasteiger partial charge in [0.15, 0.2) is 0 Å². The van der Waals surface area contributed by atoms with E-state index in [-0.39, 0.29) is 0 Å². The SMILES string of the molecule is CC(C)c1nn(C)c(SCC2CCCC2)c1N. The molecule has 0 atom stereocenters. The summed E-state index contributed by atoms with van der Waals surface area (Å²) in [4.78, 5) is 0. The molecule has 1 aromatic heterocycles. The second-order valence-corrected chi connectivity index (χ2v) is 6.35. The number of thioether (sulfide) groups is 1. The Morgan fingerprint density at radius 3 is 2.59 bits per heavy atom. The Morgan fingerprint density at radius 2 is 2.06 bits per heavy atom. The normalized spacial score (nSPS) is 17.2. The van der Waals surface area contributed by atoms with Gasteiger partial charge in [-0.15, -0.1) is 11.8 Å². The van der Waals surface area contributed by atoms with E-state index in [0.29, 0.717) is 5.92 Å². The monoisotopic (exact) mass is 253 g/mol. The van der Waals surface area contributed by atoms with Crippen LogP contribution in [-0.2, 0) is 7.05 Å². The third kappa shape index (κ3) is 2.79. The molecule has 3 nitrogen and oxygen atoms in total. The Morgan fingerprint density at radius 1 is 1.41 bits per heavy atom. The maximum absolute atomic E-state index is 6.19. The summed E-state index contributed by atoms with van der Waals surface area (Å²) in [6, 6.07) is 0. The second-order valence-electron chi connectivity index (χ2n) is 5.34. The van der Waals surface area contributed by atoms with Crippen LogP contribution in [0, 0.1) is 5.92 Å². The van der Waals surface area contributed by atoms with Crippen molar-refractivity contribution in [2.75, 3.05) is 11.5 Å². The molecule has 1 aromatic rings. The van der Waals surface area contributed by atoms with Gasteiger partial charge in [-0.3, -0.25) is 4.68 Å². The Bertz CT molecular complexity index is 378. The maximum Gasteiger partial charge on any atom is 0.117 e. The summed E-state index contributed by atoms with van der Waals surface area (Å²) in [6.45, 7) is 4.29. The zero-order valence-corrected chi connectivity index (χ0v) is 11.9.